The molecule has 2 rings (SSSR count). The van der Waals surface area contributed by atoms with Crippen LogP contribution >= 0.6 is 35.0 Å². The van der Waals surface area contributed by atoms with E-state index in [4.69, 9.17) is 23.2 Å². The van der Waals surface area contributed by atoms with Gasteiger partial charge >= 0.3 is 11.7 Å². The summed E-state index contributed by atoms with van der Waals surface area (Å²) in [5.41, 5.74) is -6.92. The van der Waals surface area contributed by atoms with Crippen molar-refractivity contribution in [3.05, 3.63) is 33.4 Å². The van der Waals surface area contributed by atoms with Gasteiger partial charge < -0.3 is 4.90 Å². The van der Waals surface area contributed by atoms with Crippen LogP contribution in [0.15, 0.2) is 17.0 Å². The van der Waals surface area contributed by atoms with Crippen LogP contribution in [0.2, 0.25) is 10.0 Å². The van der Waals surface area contributed by atoms with Crippen molar-refractivity contribution >= 4 is 51.6 Å². The van der Waals surface area contributed by atoms with E-state index >= 15 is 0 Å². The van der Waals surface area contributed by atoms with Crippen LogP contribution in [-0.2, 0) is 17.0 Å². The number of hydrogen-bond donors (Lipinski definition) is 0. The van der Waals surface area contributed by atoms with Gasteiger partial charge in [-0.1, -0.05) is 23.2 Å². The van der Waals surface area contributed by atoms with Crippen molar-refractivity contribution in [3.63, 3.8) is 0 Å². The fourth-order valence-corrected chi connectivity index (χ4v) is 4.40. The van der Waals surface area contributed by atoms with E-state index in [1.54, 1.807) is 0 Å². The van der Waals surface area contributed by atoms with Gasteiger partial charge in [0.25, 0.3) is 0 Å². The van der Waals surface area contributed by atoms with E-state index in [1.807, 2.05) is 0 Å². The summed E-state index contributed by atoms with van der Waals surface area (Å²) in [7, 11) is 0.0590. The van der Waals surface area contributed by atoms with E-state index in [9.17, 15) is 35.8 Å². The molecule has 0 N–H and O–H groups in total. The van der Waals surface area contributed by atoms with Crippen molar-refractivity contribution in [1.82, 2.24) is 9.78 Å². The smallest absolute Gasteiger partial charge is 0.358 e. The zero-order valence-corrected chi connectivity index (χ0v) is 18.8. The molecule has 5 nitrogen and oxygen atoms in total. The van der Waals surface area contributed by atoms with E-state index in [1.165, 1.54) is 24.3 Å². The Hall–Kier alpha value is -1.62. The molecule has 0 aliphatic carbocycles. The van der Waals surface area contributed by atoms with Crippen LogP contribution in [0.3, 0.4) is 0 Å². The maximum atomic E-state index is 13.1. The second-order valence-corrected chi connectivity index (χ2v) is 9.50. The van der Waals surface area contributed by atoms with Crippen LogP contribution in [0.4, 0.5) is 32.2 Å². The van der Waals surface area contributed by atoms with Gasteiger partial charge in [-0.25, -0.2) is 4.68 Å². The van der Waals surface area contributed by atoms with Crippen molar-refractivity contribution in [3.8, 4) is 11.8 Å². The minimum atomic E-state index is -4.80. The molecule has 0 bridgehead atoms. The van der Waals surface area contributed by atoms with E-state index in [0.29, 0.717) is 12.1 Å². The number of halogens is 8. The van der Waals surface area contributed by atoms with Crippen molar-refractivity contribution in [2.24, 2.45) is 0 Å². The third-order valence-corrected chi connectivity index (χ3v) is 5.92. The molecule has 0 fully saturated rings. The van der Waals surface area contributed by atoms with E-state index < -0.39 is 60.4 Å². The molecule has 0 spiro atoms. The quantitative estimate of drug-likeness (QED) is 0.369. The molecule has 2 aromatic rings. The molecule has 1 atom stereocenters. The number of alkyl halides is 6. The maximum Gasteiger partial charge on any atom is 0.446 e. The molecule has 0 saturated heterocycles. The average molecular weight is 525 g/mol. The van der Waals surface area contributed by atoms with Gasteiger partial charge in [-0.3, -0.25) is 4.21 Å². The Morgan fingerprint density at radius 3 is 2.19 bits per heavy atom. The number of aromatic nitrogens is 2. The van der Waals surface area contributed by atoms with Gasteiger partial charge in [0, 0.05) is 36.4 Å². The third kappa shape index (κ3) is 6.21. The minimum Gasteiger partial charge on any atom is -0.358 e. The fourth-order valence-electron chi connectivity index (χ4n) is 2.47. The summed E-state index contributed by atoms with van der Waals surface area (Å²) in [6.45, 7) is -0.0129. The first-order valence-electron chi connectivity index (χ1n) is 8.02. The van der Waals surface area contributed by atoms with Gasteiger partial charge in [0.1, 0.15) is 17.6 Å². The van der Waals surface area contributed by atoms with E-state index in [0.717, 1.165) is 4.68 Å². The van der Waals surface area contributed by atoms with Crippen LogP contribution < -0.4 is 4.90 Å². The normalized spacial score (nSPS) is 13.2. The second-order valence-electron chi connectivity index (χ2n) is 6.06. The number of thioether (sulfide) groups is 1. The average Bonchev–Trinajstić information content (AvgIpc) is 2.94. The summed E-state index contributed by atoms with van der Waals surface area (Å²) in [4.78, 5) is 0.652. The highest BCUT2D eigenvalue weighted by Crippen LogP contribution is 2.46. The lowest BCUT2D eigenvalue weighted by atomic mass is 10.2. The minimum absolute atomic E-state index is 0.0129. The van der Waals surface area contributed by atoms with Crippen molar-refractivity contribution in [2.45, 2.75) is 16.6 Å². The molecule has 0 saturated carbocycles. The van der Waals surface area contributed by atoms with Crippen LogP contribution in [0.1, 0.15) is 11.3 Å². The largest absolute Gasteiger partial charge is 0.446 e. The zero-order valence-electron chi connectivity index (χ0n) is 15.6. The number of nitrogens with zero attached hydrogens (tertiary/aromatic N) is 4. The summed E-state index contributed by atoms with van der Waals surface area (Å²) in [5.74, 6) is -0.221. The molecule has 0 aliphatic rings. The zero-order chi connectivity index (χ0) is 23.7. The highest BCUT2D eigenvalue weighted by molar-refractivity contribution is 8.00. The Morgan fingerprint density at radius 2 is 1.77 bits per heavy atom. The van der Waals surface area contributed by atoms with Crippen LogP contribution in [-0.4, -0.2) is 45.1 Å². The second kappa shape index (κ2) is 9.48. The molecule has 31 heavy (non-hydrogen) atoms. The number of rotatable bonds is 6. The summed E-state index contributed by atoms with van der Waals surface area (Å²) < 4.78 is 90.7. The van der Waals surface area contributed by atoms with Crippen LogP contribution in [0.5, 0.6) is 0 Å². The van der Waals surface area contributed by atoms with Crippen molar-refractivity contribution < 1.29 is 30.6 Å². The van der Waals surface area contributed by atoms with Crippen LogP contribution in [0, 0.1) is 11.3 Å². The van der Waals surface area contributed by atoms with Gasteiger partial charge in [0.05, 0.1) is 20.5 Å². The molecule has 1 aromatic carbocycles. The summed E-state index contributed by atoms with van der Waals surface area (Å²) in [6, 6.07) is 2.64. The Kier molecular flexibility index (Phi) is 7.84. The Balaban J connectivity index is 2.78. The molecule has 15 heteroatoms. The molecule has 1 aromatic heterocycles. The third-order valence-electron chi connectivity index (χ3n) is 3.77. The topological polar surface area (TPSA) is 61.9 Å². The lowest BCUT2D eigenvalue weighted by molar-refractivity contribution is -0.137. The molecule has 0 radical (unpaired) electrons. The Bertz CT molecular complexity index is 1030. The number of hydrogen-bond acceptors (Lipinski definition) is 5. The molecule has 170 valence electrons. The SMILES string of the molecule is CN(CCS(C)=O)c1c(SC(F)(F)F)c(C#N)nn1-c1c(Cl)cc(C(F)(F)F)cc1Cl. The molecular formula is C16H12Cl2F6N4OS2. The predicted molar refractivity (Wildman–Crippen MR) is 107 cm³/mol. The first kappa shape index (κ1) is 25.6. The lowest BCUT2D eigenvalue weighted by Crippen LogP contribution is -2.26. The molecule has 0 amide bonds. The number of anilines is 1. The monoisotopic (exact) mass is 524 g/mol. The molecule has 1 unspecified atom stereocenters. The van der Waals surface area contributed by atoms with Crippen LogP contribution in [0.25, 0.3) is 5.69 Å². The van der Waals surface area contributed by atoms with Crippen molar-refractivity contribution in [1.29, 1.82) is 5.26 Å². The van der Waals surface area contributed by atoms with Gasteiger partial charge in [0.15, 0.2) is 5.69 Å². The lowest BCUT2D eigenvalue weighted by Gasteiger charge is -2.23. The standard InChI is InChI=1S/C16H12Cl2F6N4OS2/c1-27(3-4-31(2)29)14-13(30-16(22,23)24)11(7-25)26-28(14)12-9(17)5-8(6-10(12)18)15(19,20)21/h5-6H,3-4H2,1-2H3. The molecule has 0 aliphatic heterocycles. The highest BCUT2D eigenvalue weighted by Gasteiger charge is 2.37. The summed E-state index contributed by atoms with van der Waals surface area (Å²) in [5, 5.41) is 12.0. The predicted octanol–water partition coefficient (Wildman–Crippen LogP) is 5.50. The number of nitriles is 1. The van der Waals surface area contributed by atoms with Gasteiger partial charge in [0.2, 0.25) is 0 Å². The fraction of sp³-hybridized carbons (Fsp3) is 0.375. The van der Waals surface area contributed by atoms with E-state index in [-0.39, 0.29) is 23.8 Å². The van der Waals surface area contributed by atoms with Gasteiger partial charge in [-0.15, -0.1) is 0 Å². The van der Waals surface area contributed by atoms with Crippen molar-refractivity contribution in [2.75, 3.05) is 30.5 Å². The maximum absolute atomic E-state index is 13.1. The first-order valence-corrected chi connectivity index (χ1v) is 11.3. The van der Waals surface area contributed by atoms with Gasteiger partial charge in [-0.2, -0.15) is 36.7 Å². The Labute approximate surface area is 189 Å². The highest BCUT2D eigenvalue weighted by atomic mass is 35.5. The first-order chi connectivity index (χ1) is 14.2. The Morgan fingerprint density at radius 1 is 1.23 bits per heavy atom. The molecular weight excluding hydrogens is 513 g/mol. The molecule has 1 heterocycles. The summed E-state index contributed by atoms with van der Waals surface area (Å²) in [6.07, 6.45) is -3.38. The van der Waals surface area contributed by atoms with Gasteiger partial charge in [-0.05, 0) is 23.9 Å². The van der Waals surface area contributed by atoms with E-state index in [2.05, 4.69) is 5.10 Å². The summed E-state index contributed by atoms with van der Waals surface area (Å²) >= 11 is 11.4. The number of benzene rings is 1.